The molecule has 4 heterocycles. The molecule has 0 spiro atoms. The van der Waals surface area contributed by atoms with E-state index in [1.165, 1.54) is 17.4 Å². The van der Waals surface area contributed by atoms with E-state index >= 15 is 0 Å². The number of furan rings is 1. The molecule has 0 radical (unpaired) electrons. The highest BCUT2D eigenvalue weighted by Crippen LogP contribution is 2.28. The number of aromatic nitrogens is 4. The summed E-state index contributed by atoms with van der Waals surface area (Å²) in [7, 11) is 0. The van der Waals surface area contributed by atoms with Crippen LogP contribution in [-0.2, 0) is 6.54 Å². The Morgan fingerprint density at radius 2 is 2.00 bits per heavy atom. The van der Waals surface area contributed by atoms with Gasteiger partial charge in [0.25, 0.3) is 11.5 Å². The Balaban J connectivity index is 1.35. The lowest BCUT2D eigenvalue weighted by molar-refractivity contribution is 0.0946. The Morgan fingerprint density at radius 3 is 2.84 bits per heavy atom. The lowest BCUT2D eigenvalue weighted by Gasteiger charge is -2.06. The SMILES string of the molecule is Cc1cc(C(=O)NCc2nc(-c3cc4ccccc4o3)cs2)nc2[nH]c(=O)[nH]c(=O)c12. The van der Waals surface area contributed by atoms with Gasteiger partial charge in [0.05, 0.1) is 11.9 Å². The average Bonchev–Trinajstić information content (AvgIpc) is 3.37. The summed E-state index contributed by atoms with van der Waals surface area (Å²) in [5, 5.41) is 6.57. The van der Waals surface area contributed by atoms with E-state index in [1.807, 2.05) is 35.7 Å². The molecule has 31 heavy (non-hydrogen) atoms. The molecule has 1 aromatic carbocycles. The molecule has 0 fully saturated rings. The Hall–Kier alpha value is -4.05. The van der Waals surface area contributed by atoms with Crippen molar-refractivity contribution in [1.82, 2.24) is 25.3 Å². The van der Waals surface area contributed by atoms with Crippen molar-refractivity contribution < 1.29 is 9.21 Å². The molecular weight excluding hydrogens is 418 g/mol. The molecule has 5 rings (SSSR count). The van der Waals surface area contributed by atoms with Gasteiger partial charge in [-0.2, -0.15) is 0 Å². The van der Waals surface area contributed by atoms with Gasteiger partial charge in [-0.25, -0.2) is 14.8 Å². The molecule has 0 saturated carbocycles. The van der Waals surface area contributed by atoms with E-state index in [9.17, 15) is 14.4 Å². The van der Waals surface area contributed by atoms with Gasteiger partial charge < -0.3 is 9.73 Å². The molecule has 9 nitrogen and oxygen atoms in total. The molecule has 0 saturated heterocycles. The maximum absolute atomic E-state index is 12.6. The van der Waals surface area contributed by atoms with Gasteiger partial charge in [0, 0.05) is 10.8 Å². The van der Waals surface area contributed by atoms with Gasteiger partial charge in [-0.05, 0) is 30.7 Å². The number of hydrogen-bond acceptors (Lipinski definition) is 7. The summed E-state index contributed by atoms with van der Waals surface area (Å²) in [5.41, 5.74) is 0.964. The maximum Gasteiger partial charge on any atom is 0.327 e. The van der Waals surface area contributed by atoms with Crippen LogP contribution in [0.4, 0.5) is 0 Å². The molecule has 0 aliphatic rings. The highest BCUT2D eigenvalue weighted by molar-refractivity contribution is 7.09. The number of thiazole rings is 1. The molecule has 0 aliphatic heterocycles. The van der Waals surface area contributed by atoms with Crippen molar-refractivity contribution in [1.29, 1.82) is 0 Å². The number of hydrogen-bond donors (Lipinski definition) is 3. The van der Waals surface area contributed by atoms with E-state index in [0.717, 1.165) is 11.0 Å². The summed E-state index contributed by atoms with van der Waals surface area (Å²) in [5.74, 6) is 0.225. The molecular formula is C21H15N5O4S. The van der Waals surface area contributed by atoms with Gasteiger partial charge in [0.1, 0.15) is 27.6 Å². The van der Waals surface area contributed by atoms with Crippen molar-refractivity contribution in [2.45, 2.75) is 13.5 Å². The number of carbonyl (C=O) groups is 1. The monoisotopic (exact) mass is 433 g/mol. The number of amides is 1. The predicted molar refractivity (Wildman–Crippen MR) is 116 cm³/mol. The zero-order chi connectivity index (χ0) is 21.5. The molecule has 4 aromatic heterocycles. The maximum atomic E-state index is 12.6. The molecule has 154 valence electrons. The molecule has 1 amide bonds. The normalized spacial score (nSPS) is 11.3. The summed E-state index contributed by atoms with van der Waals surface area (Å²) >= 11 is 1.40. The van der Waals surface area contributed by atoms with Crippen LogP contribution in [-0.4, -0.2) is 25.8 Å². The van der Waals surface area contributed by atoms with Gasteiger partial charge in [-0.1, -0.05) is 18.2 Å². The number of para-hydroxylation sites is 1. The highest BCUT2D eigenvalue weighted by Gasteiger charge is 2.15. The minimum atomic E-state index is -0.678. The van der Waals surface area contributed by atoms with Crippen LogP contribution < -0.4 is 16.6 Å². The number of nitrogens with one attached hydrogen (secondary N) is 3. The number of aryl methyl sites for hydroxylation is 1. The van der Waals surface area contributed by atoms with E-state index in [1.54, 1.807) is 6.92 Å². The van der Waals surface area contributed by atoms with Crippen LogP contribution in [0.2, 0.25) is 0 Å². The first-order valence-corrected chi connectivity index (χ1v) is 10.2. The van der Waals surface area contributed by atoms with Gasteiger partial charge in [0.15, 0.2) is 5.76 Å². The van der Waals surface area contributed by atoms with Crippen LogP contribution in [0.5, 0.6) is 0 Å². The molecule has 0 unspecified atom stereocenters. The summed E-state index contributed by atoms with van der Waals surface area (Å²) in [6, 6.07) is 11.1. The first-order valence-electron chi connectivity index (χ1n) is 9.33. The Morgan fingerprint density at radius 1 is 1.16 bits per heavy atom. The Kier molecular flexibility index (Phi) is 4.48. The molecule has 5 aromatic rings. The van der Waals surface area contributed by atoms with Gasteiger partial charge >= 0.3 is 5.69 Å². The van der Waals surface area contributed by atoms with Crippen molar-refractivity contribution in [2.24, 2.45) is 0 Å². The Bertz CT molecular complexity index is 1540. The van der Waals surface area contributed by atoms with Gasteiger partial charge in [-0.15, -0.1) is 11.3 Å². The summed E-state index contributed by atoms with van der Waals surface area (Å²) in [6.07, 6.45) is 0. The second-order valence-corrected chi connectivity index (χ2v) is 7.86. The van der Waals surface area contributed by atoms with Crippen LogP contribution in [0, 0.1) is 6.92 Å². The van der Waals surface area contributed by atoms with Gasteiger partial charge in [-0.3, -0.25) is 19.6 Å². The molecule has 0 bridgehead atoms. The van der Waals surface area contributed by atoms with Crippen LogP contribution in [0.3, 0.4) is 0 Å². The number of nitrogens with zero attached hydrogens (tertiary/aromatic N) is 2. The summed E-state index contributed by atoms with van der Waals surface area (Å²) < 4.78 is 5.83. The minimum Gasteiger partial charge on any atom is -0.454 e. The van der Waals surface area contributed by atoms with Crippen molar-refractivity contribution in [3.8, 4) is 11.5 Å². The third-order valence-corrected chi connectivity index (χ3v) is 5.61. The largest absolute Gasteiger partial charge is 0.454 e. The molecule has 0 aliphatic carbocycles. The zero-order valence-electron chi connectivity index (χ0n) is 16.2. The number of benzene rings is 1. The fourth-order valence-electron chi connectivity index (χ4n) is 3.33. The second kappa shape index (κ2) is 7.33. The summed E-state index contributed by atoms with van der Waals surface area (Å²) in [6.45, 7) is 1.88. The smallest absolute Gasteiger partial charge is 0.327 e. The molecule has 10 heteroatoms. The van der Waals surface area contributed by atoms with Crippen molar-refractivity contribution in [3.63, 3.8) is 0 Å². The summed E-state index contributed by atoms with van der Waals surface area (Å²) in [4.78, 5) is 49.3. The van der Waals surface area contributed by atoms with Crippen LogP contribution in [0.15, 0.2) is 55.8 Å². The first-order chi connectivity index (χ1) is 15.0. The van der Waals surface area contributed by atoms with Crippen molar-refractivity contribution in [3.05, 3.63) is 78.9 Å². The number of carbonyl (C=O) groups excluding carboxylic acids is 1. The zero-order valence-corrected chi connectivity index (χ0v) is 17.0. The van der Waals surface area contributed by atoms with Crippen molar-refractivity contribution >= 4 is 39.2 Å². The quantitative estimate of drug-likeness (QED) is 0.399. The van der Waals surface area contributed by atoms with Crippen LogP contribution >= 0.6 is 11.3 Å². The Labute approximate surface area is 177 Å². The molecule has 0 atom stereocenters. The predicted octanol–water partition coefficient (Wildman–Crippen LogP) is 2.72. The van der Waals surface area contributed by atoms with E-state index in [2.05, 4.69) is 25.3 Å². The third kappa shape index (κ3) is 3.53. The van der Waals surface area contributed by atoms with E-state index < -0.39 is 17.2 Å². The number of aromatic amines is 2. The number of H-pyrrole nitrogens is 2. The fraction of sp³-hybridized carbons (Fsp3) is 0.0952. The van der Waals surface area contributed by atoms with Crippen LogP contribution in [0.25, 0.3) is 33.5 Å². The van der Waals surface area contributed by atoms with Crippen LogP contribution in [0.1, 0.15) is 21.1 Å². The first kappa shape index (κ1) is 18.9. The van der Waals surface area contributed by atoms with Gasteiger partial charge in [0.2, 0.25) is 0 Å². The van der Waals surface area contributed by atoms with E-state index in [0.29, 0.717) is 22.0 Å². The minimum absolute atomic E-state index is 0.0697. The number of pyridine rings is 1. The fourth-order valence-corrected chi connectivity index (χ4v) is 4.05. The standard InChI is InChI=1S/C21H15N5O4S/c1-10-6-12(24-18-17(10)20(28)26-21(29)25-18)19(27)22-8-16-23-13(9-31-16)15-7-11-4-2-3-5-14(11)30-15/h2-7,9H,8H2,1H3,(H,22,27)(H2,24,25,26,28,29). The number of fused-ring (bicyclic) bond motifs is 2. The van der Waals surface area contributed by atoms with Crippen molar-refractivity contribution in [2.75, 3.05) is 0 Å². The van der Waals surface area contributed by atoms with E-state index in [-0.39, 0.29) is 23.3 Å². The lowest BCUT2D eigenvalue weighted by atomic mass is 10.1. The number of rotatable bonds is 4. The van der Waals surface area contributed by atoms with E-state index in [4.69, 9.17) is 4.42 Å². The lowest BCUT2D eigenvalue weighted by Crippen LogP contribution is -2.26. The molecule has 3 N–H and O–H groups in total. The highest BCUT2D eigenvalue weighted by atomic mass is 32.1. The second-order valence-electron chi connectivity index (χ2n) is 6.91. The average molecular weight is 433 g/mol. The third-order valence-electron chi connectivity index (χ3n) is 4.77. The topological polar surface area (TPSA) is 134 Å².